The standard InChI is InChI=1S/C25H44O3/c1-2-3-4-5-6-7-8-9-10-11-15-22-23-18-20(14-12-13-16-25(27)28)17-21(23)19-24(22)26/h11,15,20-24,26H,2-10,12-14,16-19H2,1H3,(H,27,28)/t20?,21-,22+,23-,24+/m0/s1. The zero-order valence-corrected chi connectivity index (χ0v) is 18.2. The molecule has 0 radical (unpaired) electrons. The van der Waals surface area contributed by atoms with Gasteiger partial charge >= 0.3 is 5.97 Å². The highest BCUT2D eigenvalue weighted by Crippen LogP contribution is 2.51. The van der Waals surface area contributed by atoms with Crippen LogP contribution in [0.4, 0.5) is 0 Å². The van der Waals surface area contributed by atoms with Crippen molar-refractivity contribution in [1.29, 1.82) is 0 Å². The Morgan fingerprint density at radius 1 is 0.929 bits per heavy atom. The summed E-state index contributed by atoms with van der Waals surface area (Å²) in [5, 5.41) is 19.2. The third-order valence-electron chi connectivity index (χ3n) is 7.17. The van der Waals surface area contributed by atoms with E-state index in [2.05, 4.69) is 19.1 Å². The van der Waals surface area contributed by atoms with Crippen molar-refractivity contribution in [2.45, 2.75) is 116 Å². The summed E-state index contributed by atoms with van der Waals surface area (Å²) in [6.07, 6.45) is 23.4. The molecule has 3 nitrogen and oxygen atoms in total. The van der Waals surface area contributed by atoms with Crippen LogP contribution in [0.5, 0.6) is 0 Å². The molecule has 2 aliphatic rings. The predicted octanol–water partition coefficient (Wildman–Crippen LogP) is 6.74. The van der Waals surface area contributed by atoms with Crippen LogP contribution in [0.15, 0.2) is 12.2 Å². The van der Waals surface area contributed by atoms with Crippen LogP contribution in [-0.2, 0) is 4.79 Å². The van der Waals surface area contributed by atoms with E-state index in [9.17, 15) is 9.90 Å². The van der Waals surface area contributed by atoms with Crippen LogP contribution < -0.4 is 0 Å². The first-order chi connectivity index (χ1) is 13.6. The van der Waals surface area contributed by atoms with Gasteiger partial charge in [-0.3, -0.25) is 4.79 Å². The fraction of sp³-hybridized carbons (Fsp3) is 0.880. The molecule has 0 aromatic carbocycles. The van der Waals surface area contributed by atoms with Gasteiger partial charge in [0.05, 0.1) is 6.10 Å². The van der Waals surface area contributed by atoms with E-state index in [0.29, 0.717) is 24.2 Å². The minimum absolute atomic E-state index is 0.141. The molecular weight excluding hydrogens is 348 g/mol. The first kappa shape index (κ1) is 23.4. The number of aliphatic hydroxyl groups is 1. The summed E-state index contributed by atoms with van der Waals surface area (Å²) < 4.78 is 0. The van der Waals surface area contributed by atoms with Gasteiger partial charge in [0.1, 0.15) is 0 Å². The molecule has 2 rings (SSSR count). The molecule has 0 aromatic rings. The maximum Gasteiger partial charge on any atom is 0.303 e. The molecule has 5 atom stereocenters. The third kappa shape index (κ3) is 8.27. The van der Waals surface area contributed by atoms with Crippen LogP contribution in [0.25, 0.3) is 0 Å². The van der Waals surface area contributed by atoms with Gasteiger partial charge in [-0.1, -0.05) is 76.9 Å². The van der Waals surface area contributed by atoms with Crippen molar-refractivity contribution < 1.29 is 15.0 Å². The lowest BCUT2D eigenvalue weighted by atomic mass is 9.89. The quantitative estimate of drug-likeness (QED) is 0.239. The fourth-order valence-electron chi connectivity index (χ4n) is 5.64. The molecule has 0 amide bonds. The van der Waals surface area contributed by atoms with E-state index in [0.717, 1.165) is 31.6 Å². The lowest BCUT2D eigenvalue weighted by molar-refractivity contribution is -0.137. The van der Waals surface area contributed by atoms with Crippen LogP contribution >= 0.6 is 0 Å². The summed E-state index contributed by atoms with van der Waals surface area (Å²) in [5.74, 6) is 1.79. The van der Waals surface area contributed by atoms with Gasteiger partial charge in [-0.2, -0.15) is 0 Å². The SMILES string of the molecule is CCCCCCCCCCC=C[C@@H]1[C@H]2CC(CCCCC(=O)O)C[C@H]2C[C@H]1O. The first-order valence-electron chi connectivity index (χ1n) is 12.2. The largest absolute Gasteiger partial charge is 0.481 e. The molecule has 2 saturated carbocycles. The van der Waals surface area contributed by atoms with E-state index in [-0.39, 0.29) is 6.10 Å². The maximum absolute atomic E-state index is 10.6. The highest BCUT2D eigenvalue weighted by molar-refractivity contribution is 5.66. The molecular formula is C25H44O3. The third-order valence-corrected chi connectivity index (χ3v) is 7.17. The van der Waals surface area contributed by atoms with E-state index in [4.69, 9.17) is 5.11 Å². The van der Waals surface area contributed by atoms with Gasteiger partial charge in [-0.15, -0.1) is 0 Å². The number of allylic oxidation sites excluding steroid dienone is 1. The van der Waals surface area contributed by atoms with Crippen molar-refractivity contribution in [2.24, 2.45) is 23.7 Å². The number of hydrogen-bond acceptors (Lipinski definition) is 2. The Balaban J connectivity index is 1.58. The molecule has 0 bridgehead atoms. The molecule has 0 aliphatic heterocycles. The molecule has 2 aliphatic carbocycles. The van der Waals surface area contributed by atoms with Crippen LogP contribution in [0.1, 0.15) is 110 Å². The second-order valence-corrected chi connectivity index (χ2v) is 9.47. The minimum atomic E-state index is -0.673. The number of aliphatic carboxylic acids is 1. The molecule has 0 saturated heterocycles. The van der Waals surface area contributed by atoms with Crippen molar-refractivity contribution in [1.82, 2.24) is 0 Å². The number of hydrogen-bond donors (Lipinski definition) is 2. The Labute approximate surface area is 173 Å². The second kappa shape index (κ2) is 13.4. The van der Waals surface area contributed by atoms with Gasteiger partial charge in [0.2, 0.25) is 0 Å². The van der Waals surface area contributed by atoms with E-state index >= 15 is 0 Å². The van der Waals surface area contributed by atoms with Crippen LogP contribution in [-0.4, -0.2) is 22.3 Å². The number of unbranched alkanes of at least 4 members (excludes halogenated alkanes) is 9. The molecule has 0 heterocycles. The first-order valence-corrected chi connectivity index (χ1v) is 12.2. The Morgan fingerprint density at radius 3 is 2.36 bits per heavy atom. The van der Waals surface area contributed by atoms with E-state index in [1.54, 1.807) is 0 Å². The number of carbonyl (C=O) groups is 1. The lowest BCUT2D eigenvalue weighted by Gasteiger charge is -2.18. The minimum Gasteiger partial charge on any atom is -0.481 e. The Morgan fingerprint density at radius 2 is 1.64 bits per heavy atom. The molecule has 28 heavy (non-hydrogen) atoms. The van der Waals surface area contributed by atoms with Crippen molar-refractivity contribution in [3.05, 3.63) is 12.2 Å². The zero-order valence-electron chi connectivity index (χ0n) is 18.2. The van der Waals surface area contributed by atoms with Gasteiger partial charge in [0.15, 0.2) is 0 Å². The number of fused-ring (bicyclic) bond motifs is 1. The van der Waals surface area contributed by atoms with Crippen molar-refractivity contribution in [3.63, 3.8) is 0 Å². The Kier molecular flexibility index (Phi) is 11.2. The maximum atomic E-state index is 10.6. The highest BCUT2D eigenvalue weighted by Gasteiger charge is 2.46. The summed E-state index contributed by atoms with van der Waals surface area (Å²) in [5.41, 5.74) is 0. The number of aliphatic hydroxyl groups excluding tert-OH is 1. The second-order valence-electron chi connectivity index (χ2n) is 9.47. The molecule has 2 fully saturated rings. The average Bonchev–Trinajstić information content (AvgIpc) is 3.17. The van der Waals surface area contributed by atoms with Gasteiger partial charge in [0, 0.05) is 12.3 Å². The summed E-state index contributed by atoms with van der Waals surface area (Å²) in [4.78, 5) is 10.6. The summed E-state index contributed by atoms with van der Waals surface area (Å²) in [7, 11) is 0. The fourth-order valence-corrected chi connectivity index (χ4v) is 5.64. The van der Waals surface area contributed by atoms with Crippen molar-refractivity contribution in [2.75, 3.05) is 0 Å². The predicted molar refractivity (Wildman–Crippen MR) is 116 cm³/mol. The number of carboxylic acid groups (broad SMARTS) is 1. The van der Waals surface area contributed by atoms with Crippen LogP contribution in [0.3, 0.4) is 0 Å². The summed E-state index contributed by atoms with van der Waals surface area (Å²) in [6.45, 7) is 2.27. The van der Waals surface area contributed by atoms with E-state index in [1.807, 2.05) is 0 Å². The Hall–Kier alpha value is -0.830. The van der Waals surface area contributed by atoms with Gasteiger partial charge in [-0.25, -0.2) is 0 Å². The van der Waals surface area contributed by atoms with E-state index < -0.39 is 5.97 Å². The Bertz CT molecular complexity index is 459. The van der Waals surface area contributed by atoms with Gasteiger partial charge in [0.25, 0.3) is 0 Å². The topological polar surface area (TPSA) is 57.5 Å². The molecule has 2 N–H and O–H groups in total. The van der Waals surface area contributed by atoms with Crippen molar-refractivity contribution >= 4 is 5.97 Å². The zero-order chi connectivity index (χ0) is 20.2. The molecule has 3 heteroatoms. The molecule has 162 valence electrons. The smallest absolute Gasteiger partial charge is 0.303 e. The van der Waals surface area contributed by atoms with Gasteiger partial charge in [-0.05, 0) is 56.3 Å². The molecule has 0 aromatic heterocycles. The number of rotatable bonds is 15. The average molecular weight is 393 g/mol. The van der Waals surface area contributed by atoms with Crippen molar-refractivity contribution in [3.8, 4) is 0 Å². The summed E-state index contributed by atoms with van der Waals surface area (Å²) >= 11 is 0. The summed E-state index contributed by atoms with van der Waals surface area (Å²) in [6, 6.07) is 0. The molecule has 0 spiro atoms. The number of carboxylic acids is 1. The van der Waals surface area contributed by atoms with Crippen LogP contribution in [0, 0.1) is 23.7 Å². The van der Waals surface area contributed by atoms with Crippen LogP contribution in [0.2, 0.25) is 0 Å². The van der Waals surface area contributed by atoms with E-state index in [1.165, 1.54) is 70.6 Å². The van der Waals surface area contributed by atoms with Gasteiger partial charge < -0.3 is 10.2 Å². The lowest BCUT2D eigenvalue weighted by Crippen LogP contribution is -2.17. The monoisotopic (exact) mass is 392 g/mol. The molecule has 1 unspecified atom stereocenters. The highest BCUT2D eigenvalue weighted by atomic mass is 16.4. The normalized spacial score (nSPS) is 29.6.